The van der Waals surface area contributed by atoms with Gasteiger partial charge in [-0.2, -0.15) is 0 Å². The molecule has 1 aromatic heterocycles. The molecule has 112 valence electrons. The topological polar surface area (TPSA) is 113 Å². The van der Waals surface area contributed by atoms with Gasteiger partial charge < -0.3 is 21.9 Å². The third kappa shape index (κ3) is 3.99. The highest BCUT2D eigenvalue weighted by Crippen LogP contribution is 2.36. The lowest BCUT2D eigenvalue weighted by Gasteiger charge is -2.20. The van der Waals surface area contributed by atoms with Crippen molar-refractivity contribution in [1.29, 1.82) is 0 Å². The fraction of sp³-hybridized carbons (Fsp3) is 0.286. The number of hydrogen-bond acceptors (Lipinski definition) is 7. The number of hydrogen-bond donors (Lipinski definition) is 3. The molecule has 1 aromatic carbocycles. The molecule has 2 atom stereocenters. The average Bonchev–Trinajstić information content (AvgIpc) is 2.43. The highest BCUT2D eigenvalue weighted by atomic mass is 32.2. The molecule has 2 rings (SSSR count). The Kier molecular flexibility index (Phi) is 4.87. The number of methoxy groups -OCH3 is 1. The van der Waals surface area contributed by atoms with Crippen LogP contribution in [0, 0.1) is 0 Å². The highest BCUT2D eigenvalue weighted by Gasteiger charge is 2.19. The van der Waals surface area contributed by atoms with Crippen LogP contribution in [0.25, 0.3) is 0 Å². The summed E-state index contributed by atoms with van der Waals surface area (Å²) in [4.78, 5) is 8.37. The van der Waals surface area contributed by atoms with E-state index < -0.39 is 0 Å². The number of nitrogens with zero attached hydrogens (tertiary/aromatic N) is 2. The third-order valence-corrected chi connectivity index (χ3v) is 4.25. The van der Waals surface area contributed by atoms with E-state index in [9.17, 15) is 0 Å². The standard InChI is InChI=1S/C14H19N5OS/c1-8(15)13(9-3-5-10(20-2)6-4-9)21-14-18-11(16)7-12(17)19-14/h3-8,13H,15H2,1-2H3,(H4,16,17,18,19). The van der Waals surface area contributed by atoms with Crippen molar-refractivity contribution in [2.24, 2.45) is 5.73 Å². The molecule has 2 aromatic rings. The Bertz CT molecular complexity index is 583. The van der Waals surface area contributed by atoms with Gasteiger partial charge in [0.05, 0.1) is 12.4 Å². The second-order valence-electron chi connectivity index (χ2n) is 4.67. The van der Waals surface area contributed by atoms with Crippen LogP contribution in [0.1, 0.15) is 17.7 Å². The maximum absolute atomic E-state index is 6.09. The van der Waals surface area contributed by atoms with E-state index in [1.54, 1.807) is 7.11 Å². The zero-order valence-corrected chi connectivity index (χ0v) is 12.8. The first kappa shape index (κ1) is 15.4. The van der Waals surface area contributed by atoms with E-state index in [1.165, 1.54) is 17.8 Å². The summed E-state index contributed by atoms with van der Waals surface area (Å²) in [5.41, 5.74) is 18.6. The fourth-order valence-corrected chi connectivity index (χ4v) is 2.95. The van der Waals surface area contributed by atoms with Crippen molar-refractivity contribution < 1.29 is 4.74 Å². The summed E-state index contributed by atoms with van der Waals surface area (Å²) in [6.45, 7) is 1.94. The lowest BCUT2D eigenvalue weighted by atomic mass is 10.1. The van der Waals surface area contributed by atoms with Crippen LogP contribution >= 0.6 is 11.8 Å². The van der Waals surface area contributed by atoms with Crippen LogP contribution in [0.2, 0.25) is 0 Å². The largest absolute Gasteiger partial charge is 0.497 e. The number of nitrogens with two attached hydrogens (primary N) is 3. The van der Waals surface area contributed by atoms with E-state index in [0.717, 1.165) is 11.3 Å². The Hall–Kier alpha value is -1.99. The van der Waals surface area contributed by atoms with Crippen molar-refractivity contribution in [2.75, 3.05) is 18.6 Å². The molecule has 0 aliphatic carbocycles. The first-order valence-corrected chi connectivity index (χ1v) is 7.34. The van der Waals surface area contributed by atoms with Crippen LogP contribution < -0.4 is 21.9 Å². The van der Waals surface area contributed by atoms with Gasteiger partial charge in [-0.25, -0.2) is 9.97 Å². The van der Waals surface area contributed by atoms with Crippen LogP contribution in [0.3, 0.4) is 0 Å². The summed E-state index contributed by atoms with van der Waals surface area (Å²) in [5.74, 6) is 1.50. The molecule has 0 bridgehead atoms. The molecule has 0 amide bonds. The Balaban J connectivity index is 2.26. The quantitative estimate of drug-likeness (QED) is 0.570. The molecule has 6 nitrogen and oxygen atoms in total. The summed E-state index contributed by atoms with van der Waals surface area (Å²) in [6, 6.07) is 9.21. The van der Waals surface area contributed by atoms with E-state index in [1.807, 2.05) is 31.2 Å². The maximum Gasteiger partial charge on any atom is 0.192 e. The van der Waals surface area contributed by atoms with Crippen LogP contribution in [0.15, 0.2) is 35.5 Å². The number of rotatable bonds is 5. The van der Waals surface area contributed by atoms with Crippen LogP contribution in [-0.2, 0) is 0 Å². The molecular formula is C14H19N5OS. The molecular weight excluding hydrogens is 286 g/mol. The first-order valence-electron chi connectivity index (χ1n) is 6.46. The van der Waals surface area contributed by atoms with E-state index in [0.29, 0.717) is 16.8 Å². The summed E-state index contributed by atoms with van der Waals surface area (Å²) in [7, 11) is 1.64. The number of anilines is 2. The van der Waals surface area contributed by atoms with Crippen LogP contribution in [-0.4, -0.2) is 23.1 Å². The van der Waals surface area contributed by atoms with Gasteiger partial charge in [0, 0.05) is 12.1 Å². The Labute approximate surface area is 128 Å². The van der Waals surface area contributed by atoms with E-state index in [4.69, 9.17) is 21.9 Å². The second-order valence-corrected chi connectivity index (χ2v) is 5.78. The summed E-state index contributed by atoms with van der Waals surface area (Å²) in [5, 5.41) is 0.516. The van der Waals surface area contributed by atoms with Gasteiger partial charge in [0.15, 0.2) is 5.16 Å². The maximum atomic E-state index is 6.09. The number of thioether (sulfide) groups is 1. The van der Waals surface area contributed by atoms with Gasteiger partial charge >= 0.3 is 0 Å². The van der Waals surface area contributed by atoms with Gasteiger partial charge in [-0.1, -0.05) is 23.9 Å². The van der Waals surface area contributed by atoms with Crippen molar-refractivity contribution in [3.63, 3.8) is 0 Å². The van der Waals surface area contributed by atoms with Crippen molar-refractivity contribution >= 4 is 23.4 Å². The van der Waals surface area contributed by atoms with Gasteiger partial charge in [-0.3, -0.25) is 0 Å². The zero-order valence-electron chi connectivity index (χ0n) is 12.0. The average molecular weight is 305 g/mol. The number of nitrogen functional groups attached to an aromatic ring is 2. The fourth-order valence-electron chi connectivity index (χ4n) is 1.90. The molecule has 0 aliphatic rings. The van der Waals surface area contributed by atoms with Gasteiger partial charge in [0.1, 0.15) is 17.4 Å². The smallest absolute Gasteiger partial charge is 0.192 e. The third-order valence-electron chi connectivity index (χ3n) is 2.90. The summed E-state index contributed by atoms with van der Waals surface area (Å²) >= 11 is 1.44. The molecule has 0 spiro atoms. The van der Waals surface area contributed by atoms with Crippen LogP contribution in [0.4, 0.5) is 11.6 Å². The molecule has 7 heteroatoms. The minimum Gasteiger partial charge on any atom is -0.497 e. The summed E-state index contributed by atoms with van der Waals surface area (Å²) < 4.78 is 5.16. The summed E-state index contributed by atoms with van der Waals surface area (Å²) in [6.07, 6.45) is 0. The number of benzene rings is 1. The lowest BCUT2D eigenvalue weighted by molar-refractivity contribution is 0.414. The second kappa shape index (κ2) is 6.64. The number of aromatic nitrogens is 2. The SMILES string of the molecule is COc1ccc(C(Sc2nc(N)cc(N)n2)C(C)N)cc1. The predicted molar refractivity (Wildman–Crippen MR) is 86.1 cm³/mol. The van der Waals surface area contributed by atoms with Crippen molar-refractivity contribution in [1.82, 2.24) is 9.97 Å². The van der Waals surface area contributed by atoms with Gasteiger partial charge in [-0.15, -0.1) is 0 Å². The molecule has 0 aliphatic heterocycles. The van der Waals surface area contributed by atoms with Crippen LogP contribution in [0.5, 0.6) is 5.75 Å². The monoisotopic (exact) mass is 305 g/mol. The molecule has 6 N–H and O–H groups in total. The molecule has 0 saturated heterocycles. The van der Waals surface area contributed by atoms with E-state index >= 15 is 0 Å². The van der Waals surface area contributed by atoms with Crippen molar-refractivity contribution in [3.05, 3.63) is 35.9 Å². The molecule has 21 heavy (non-hydrogen) atoms. The Morgan fingerprint density at radius 1 is 1.10 bits per heavy atom. The minimum atomic E-state index is -0.0883. The molecule has 0 fully saturated rings. The normalized spacial score (nSPS) is 13.7. The molecule has 2 unspecified atom stereocenters. The first-order chi connectivity index (χ1) is 9.99. The van der Waals surface area contributed by atoms with Crippen molar-refractivity contribution in [2.45, 2.75) is 23.4 Å². The molecule has 1 heterocycles. The van der Waals surface area contributed by atoms with Gasteiger partial charge in [-0.05, 0) is 24.6 Å². The van der Waals surface area contributed by atoms with Gasteiger partial charge in [0.2, 0.25) is 0 Å². The van der Waals surface area contributed by atoms with Crippen molar-refractivity contribution in [3.8, 4) is 5.75 Å². The van der Waals surface area contributed by atoms with E-state index in [2.05, 4.69) is 9.97 Å². The van der Waals surface area contributed by atoms with E-state index in [-0.39, 0.29) is 11.3 Å². The molecule has 0 saturated carbocycles. The minimum absolute atomic E-state index is 0.00268. The lowest BCUT2D eigenvalue weighted by Crippen LogP contribution is -2.22. The zero-order chi connectivity index (χ0) is 15.4. The molecule has 0 radical (unpaired) electrons. The van der Waals surface area contributed by atoms with Gasteiger partial charge in [0.25, 0.3) is 0 Å². The Morgan fingerprint density at radius 2 is 1.67 bits per heavy atom. The Morgan fingerprint density at radius 3 is 2.14 bits per heavy atom. The predicted octanol–water partition coefficient (Wildman–Crippen LogP) is 1.83. The highest BCUT2D eigenvalue weighted by molar-refractivity contribution is 7.99. The number of ether oxygens (including phenoxy) is 1.